The molecule has 0 fully saturated rings. The highest BCUT2D eigenvalue weighted by Gasteiger charge is 1.99. The topological polar surface area (TPSA) is 63.2 Å². The van der Waals surface area contributed by atoms with Crippen LogP contribution < -0.4 is 0 Å². The number of hydrogen-bond acceptors (Lipinski definition) is 7. The molecule has 21 heavy (non-hydrogen) atoms. The molecule has 0 aromatic heterocycles. The van der Waals surface area contributed by atoms with Crippen molar-refractivity contribution in [1.29, 1.82) is 0 Å². The number of ether oxygens (including phenoxy) is 5. The van der Waals surface area contributed by atoms with Gasteiger partial charge in [-0.15, -0.1) is 6.58 Å². The summed E-state index contributed by atoms with van der Waals surface area (Å²) in [6, 6.07) is 0. The second-order valence-electron chi connectivity index (χ2n) is 3.89. The maximum Gasteiger partial charge on any atom is 0.306 e. The van der Waals surface area contributed by atoms with Crippen LogP contribution in [-0.4, -0.2) is 71.2 Å². The van der Waals surface area contributed by atoms with Crippen LogP contribution in [0.1, 0.15) is 6.42 Å². The zero-order chi connectivity index (χ0) is 15.6. The van der Waals surface area contributed by atoms with Gasteiger partial charge in [0.1, 0.15) is 6.61 Å². The summed E-state index contributed by atoms with van der Waals surface area (Å²) in [6.45, 7) is 7.83. The highest BCUT2D eigenvalue weighted by molar-refractivity contribution is 7.80. The van der Waals surface area contributed by atoms with E-state index in [-0.39, 0.29) is 12.6 Å². The van der Waals surface area contributed by atoms with E-state index in [0.29, 0.717) is 65.0 Å². The molecule has 0 aliphatic carbocycles. The Morgan fingerprint density at radius 3 is 1.81 bits per heavy atom. The molecule has 0 atom stereocenters. The lowest BCUT2D eigenvalue weighted by molar-refractivity contribution is -0.144. The van der Waals surface area contributed by atoms with Gasteiger partial charge in [-0.2, -0.15) is 12.6 Å². The Labute approximate surface area is 132 Å². The van der Waals surface area contributed by atoms with Crippen molar-refractivity contribution in [2.24, 2.45) is 0 Å². The predicted molar refractivity (Wildman–Crippen MR) is 82.9 cm³/mol. The Kier molecular flexibility index (Phi) is 17.0. The van der Waals surface area contributed by atoms with E-state index in [1.54, 1.807) is 6.08 Å². The molecule has 0 aliphatic heterocycles. The smallest absolute Gasteiger partial charge is 0.306 e. The van der Waals surface area contributed by atoms with Gasteiger partial charge >= 0.3 is 5.97 Å². The van der Waals surface area contributed by atoms with Crippen LogP contribution in [0.3, 0.4) is 0 Å². The first kappa shape index (κ1) is 20.4. The van der Waals surface area contributed by atoms with Crippen molar-refractivity contribution >= 4 is 18.6 Å². The fourth-order valence-electron chi connectivity index (χ4n) is 1.20. The summed E-state index contributed by atoms with van der Waals surface area (Å²) >= 11 is 3.94. The first-order chi connectivity index (χ1) is 10.3. The van der Waals surface area contributed by atoms with Crippen molar-refractivity contribution in [3.63, 3.8) is 0 Å². The lowest BCUT2D eigenvalue weighted by Crippen LogP contribution is -2.14. The number of carbonyl (C=O) groups excluding carboxylic acids is 1. The van der Waals surface area contributed by atoms with Gasteiger partial charge in [0, 0.05) is 5.75 Å². The lowest BCUT2D eigenvalue weighted by Gasteiger charge is -2.07. The molecular formula is C14H26O6S. The van der Waals surface area contributed by atoms with Crippen molar-refractivity contribution in [1.82, 2.24) is 0 Å². The molecule has 0 saturated carbocycles. The summed E-state index contributed by atoms with van der Waals surface area (Å²) in [6.07, 6.45) is 2.02. The second kappa shape index (κ2) is 17.5. The zero-order valence-electron chi connectivity index (χ0n) is 12.5. The molecule has 6 nitrogen and oxygen atoms in total. The molecule has 0 bridgehead atoms. The molecule has 0 unspecified atom stereocenters. The van der Waals surface area contributed by atoms with E-state index in [9.17, 15) is 4.79 Å². The maximum absolute atomic E-state index is 11.0. The van der Waals surface area contributed by atoms with Gasteiger partial charge < -0.3 is 23.7 Å². The molecule has 0 spiro atoms. The quantitative estimate of drug-likeness (QED) is 0.199. The number of rotatable bonds is 16. The molecule has 0 aromatic rings. The average molecular weight is 322 g/mol. The second-order valence-corrected chi connectivity index (χ2v) is 4.34. The number of thiol groups is 1. The molecule has 0 rings (SSSR count). The maximum atomic E-state index is 11.0. The van der Waals surface area contributed by atoms with Crippen molar-refractivity contribution in [2.45, 2.75) is 6.42 Å². The molecule has 7 heteroatoms. The Morgan fingerprint density at radius 2 is 1.33 bits per heavy atom. The van der Waals surface area contributed by atoms with Gasteiger partial charge in [-0.1, -0.05) is 6.08 Å². The van der Waals surface area contributed by atoms with Gasteiger partial charge in [-0.05, 0) is 0 Å². The third-order valence-corrected chi connectivity index (χ3v) is 2.38. The highest BCUT2D eigenvalue weighted by Crippen LogP contribution is 1.89. The van der Waals surface area contributed by atoms with Gasteiger partial charge in [-0.25, -0.2) is 0 Å². The van der Waals surface area contributed by atoms with E-state index >= 15 is 0 Å². The van der Waals surface area contributed by atoms with E-state index in [0.717, 1.165) is 0 Å². The third kappa shape index (κ3) is 17.3. The summed E-state index contributed by atoms with van der Waals surface area (Å²) < 4.78 is 25.9. The predicted octanol–water partition coefficient (Wildman–Crippen LogP) is 1.10. The van der Waals surface area contributed by atoms with Crippen molar-refractivity contribution in [3.8, 4) is 0 Å². The zero-order valence-corrected chi connectivity index (χ0v) is 13.4. The standard InChI is InChI=1S/C14H26O6S/c1-2-4-16-5-6-17-7-8-18-9-10-19-11-12-20-14(15)3-13-21/h2,21H,1,3-13H2. The molecule has 0 radical (unpaired) electrons. The third-order valence-electron chi connectivity index (χ3n) is 2.16. The van der Waals surface area contributed by atoms with Gasteiger partial charge in [0.05, 0.1) is 59.3 Å². The highest BCUT2D eigenvalue weighted by atomic mass is 32.1. The molecule has 0 amide bonds. The van der Waals surface area contributed by atoms with E-state index in [4.69, 9.17) is 23.7 Å². The summed E-state index contributed by atoms with van der Waals surface area (Å²) in [7, 11) is 0. The van der Waals surface area contributed by atoms with Crippen LogP contribution >= 0.6 is 12.6 Å². The Balaban J connectivity index is 3.02. The summed E-state index contributed by atoms with van der Waals surface area (Å²) in [5, 5.41) is 0. The van der Waals surface area contributed by atoms with Crippen molar-refractivity contribution in [3.05, 3.63) is 12.7 Å². The van der Waals surface area contributed by atoms with Gasteiger partial charge in [-0.3, -0.25) is 4.79 Å². The summed E-state index contributed by atoms with van der Waals surface area (Å²) in [5.74, 6) is 0.245. The summed E-state index contributed by atoms with van der Waals surface area (Å²) in [5.41, 5.74) is 0. The first-order valence-electron chi connectivity index (χ1n) is 6.99. The minimum atomic E-state index is -0.251. The summed E-state index contributed by atoms with van der Waals surface area (Å²) in [4.78, 5) is 11.0. The molecule has 0 saturated heterocycles. The number of esters is 1. The van der Waals surface area contributed by atoms with Crippen LogP contribution in [0.15, 0.2) is 12.7 Å². The number of hydrogen-bond donors (Lipinski definition) is 1. The fourth-order valence-corrected chi connectivity index (χ4v) is 1.39. The lowest BCUT2D eigenvalue weighted by atomic mass is 10.5. The van der Waals surface area contributed by atoms with Crippen LogP contribution in [0, 0.1) is 0 Å². The number of carbonyl (C=O) groups is 1. The average Bonchev–Trinajstić information content (AvgIpc) is 2.48. The van der Waals surface area contributed by atoms with Gasteiger partial charge in [0.2, 0.25) is 0 Å². The van der Waals surface area contributed by atoms with E-state index in [1.165, 1.54) is 0 Å². The Morgan fingerprint density at radius 1 is 0.857 bits per heavy atom. The Bertz CT molecular complexity index is 250. The molecule has 0 aliphatic rings. The fraction of sp³-hybridized carbons (Fsp3) is 0.786. The minimum Gasteiger partial charge on any atom is -0.463 e. The first-order valence-corrected chi connectivity index (χ1v) is 7.63. The van der Waals surface area contributed by atoms with Crippen molar-refractivity contribution in [2.75, 3.05) is 65.2 Å². The van der Waals surface area contributed by atoms with E-state index in [1.807, 2.05) is 0 Å². The molecule has 0 heterocycles. The minimum absolute atomic E-state index is 0.251. The van der Waals surface area contributed by atoms with Crippen molar-refractivity contribution < 1.29 is 28.5 Å². The monoisotopic (exact) mass is 322 g/mol. The van der Waals surface area contributed by atoms with E-state index in [2.05, 4.69) is 19.2 Å². The van der Waals surface area contributed by atoms with Crippen LogP contribution in [0.2, 0.25) is 0 Å². The SMILES string of the molecule is C=CCOCCOCCOCCOCCOC(=O)CCS. The van der Waals surface area contributed by atoms with Crippen LogP contribution in [0.25, 0.3) is 0 Å². The molecule has 0 N–H and O–H groups in total. The normalized spacial score (nSPS) is 10.5. The Hall–Kier alpha value is -0.600. The van der Waals surface area contributed by atoms with Crippen LogP contribution in [0.4, 0.5) is 0 Å². The van der Waals surface area contributed by atoms with Gasteiger partial charge in [0.25, 0.3) is 0 Å². The van der Waals surface area contributed by atoms with Gasteiger partial charge in [0.15, 0.2) is 0 Å². The van der Waals surface area contributed by atoms with E-state index < -0.39 is 0 Å². The largest absolute Gasteiger partial charge is 0.463 e. The molecule has 124 valence electrons. The van der Waals surface area contributed by atoms with Crippen LogP contribution in [0.5, 0.6) is 0 Å². The molecular weight excluding hydrogens is 296 g/mol. The molecule has 0 aromatic carbocycles. The van der Waals surface area contributed by atoms with Crippen LogP contribution in [-0.2, 0) is 28.5 Å².